The van der Waals surface area contributed by atoms with Gasteiger partial charge in [0.05, 0.1) is 30.9 Å². The third-order valence-electron chi connectivity index (χ3n) is 4.91. The maximum atomic E-state index is 12.4. The molecule has 4 N–H and O–H groups in total. The van der Waals surface area contributed by atoms with E-state index in [1.807, 2.05) is 6.07 Å². The molecule has 0 aromatic heterocycles. The van der Waals surface area contributed by atoms with Gasteiger partial charge in [-0.1, -0.05) is 12.1 Å². The largest absolute Gasteiger partial charge is 0.464 e. The molecule has 4 atom stereocenters. The molecule has 146 valence electrons. The Labute approximate surface area is 157 Å². The number of hydrogen-bond acceptors (Lipinski definition) is 8. The van der Waals surface area contributed by atoms with E-state index in [4.69, 9.17) is 20.5 Å². The minimum absolute atomic E-state index is 0.00717. The minimum atomic E-state index is -2.27. The summed E-state index contributed by atoms with van der Waals surface area (Å²) in [5.41, 5.74) is 2.54. The van der Waals surface area contributed by atoms with Crippen molar-refractivity contribution in [3.05, 3.63) is 35.4 Å². The van der Waals surface area contributed by atoms with Gasteiger partial charge in [-0.2, -0.15) is 5.26 Å². The second kappa shape index (κ2) is 8.05. The van der Waals surface area contributed by atoms with Gasteiger partial charge in [-0.3, -0.25) is 0 Å². The van der Waals surface area contributed by atoms with Crippen LogP contribution in [0.2, 0.25) is 0 Å². The van der Waals surface area contributed by atoms with Gasteiger partial charge in [0.15, 0.2) is 11.2 Å². The van der Waals surface area contributed by atoms with E-state index in [2.05, 4.69) is 0 Å². The van der Waals surface area contributed by atoms with E-state index in [0.29, 0.717) is 11.1 Å². The average molecular weight is 376 g/mol. The van der Waals surface area contributed by atoms with Gasteiger partial charge in [0.25, 0.3) is 0 Å². The van der Waals surface area contributed by atoms with Gasteiger partial charge in [0.1, 0.15) is 0 Å². The van der Waals surface area contributed by atoms with Gasteiger partial charge in [-0.25, -0.2) is 9.59 Å². The van der Waals surface area contributed by atoms with Crippen molar-refractivity contribution in [3.63, 3.8) is 0 Å². The molecule has 0 bridgehead atoms. The molecule has 8 nitrogen and oxygen atoms in total. The zero-order valence-corrected chi connectivity index (χ0v) is 15.3. The number of ether oxygens (including phenoxy) is 2. The average Bonchev–Trinajstić information content (AvgIpc) is 2.66. The van der Waals surface area contributed by atoms with Crippen molar-refractivity contribution in [2.75, 3.05) is 13.2 Å². The number of rotatable bonds is 5. The zero-order valence-electron chi connectivity index (χ0n) is 15.3. The van der Waals surface area contributed by atoms with Gasteiger partial charge < -0.3 is 25.4 Å². The Bertz CT molecular complexity index is 710. The standard InChI is InChI=1S/C19H24N2O6/c1-3-26-16(22)18(24)9-14(13-7-5-12(11-20)6-8-13)10-19(25,15(18)21)17(23)27-4-2/h5-8,14-15,24-25H,3-4,9-10,21H2,1-2H3/t14?,15?,18-,19+. The first-order valence-electron chi connectivity index (χ1n) is 8.77. The third-order valence-corrected chi connectivity index (χ3v) is 4.91. The van der Waals surface area contributed by atoms with Crippen molar-refractivity contribution in [2.45, 2.75) is 49.9 Å². The van der Waals surface area contributed by atoms with Crippen molar-refractivity contribution in [3.8, 4) is 6.07 Å². The van der Waals surface area contributed by atoms with E-state index >= 15 is 0 Å². The van der Waals surface area contributed by atoms with Crippen LogP contribution in [0.15, 0.2) is 24.3 Å². The zero-order chi connectivity index (χ0) is 20.2. The third kappa shape index (κ3) is 3.81. The van der Waals surface area contributed by atoms with E-state index in [0.717, 1.165) is 0 Å². The molecule has 0 heterocycles. The molecular weight excluding hydrogens is 352 g/mol. The predicted molar refractivity (Wildman–Crippen MR) is 94.3 cm³/mol. The number of esters is 2. The fourth-order valence-electron chi connectivity index (χ4n) is 3.47. The molecule has 0 aliphatic heterocycles. The number of aliphatic hydroxyl groups is 2. The molecule has 1 aromatic rings. The number of hydrogen-bond donors (Lipinski definition) is 3. The number of carbonyl (C=O) groups is 2. The molecule has 0 saturated heterocycles. The van der Waals surface area contributed by atoms with Crippen molar-refractivity contribution in [2.24, 2.45) is 5.73 Å². The van der Waals surface area contributed by atoms with Crippen LogP contribution in [0.3, 0.4) is 0 Å². The first-order valence-corrected chi connectivity index (χ1v) is 8.77. The van der Waals surface area contributed by atoms with E-state index in [-0.39, 0.29) is 26.1 Å². The SMILES string of the molecule is CCOC(=O)[C@]1(O)CC(c2ccc(C#N)cc2)C[C@](O)(C(=O)OCC)C1N. The lowest BCUT2D eigenvalue weighted by molar-refractivity contribution is -0.198. The van der Waals surface area contributed by atoms with Crippen LogP contribution in [0.4, 0.5) is 0 Å². The smallest absolute Gasteiger partial charge is 0.339 e. The summed E-state index contributed by atoms with van der Waals surface area (Å²) in [6.45, 7) is 3.16. The van der Waals surface area contributed by atoms with Crippen LogP contribution in [0.5, 0.6) is 0 Å². The van der Waals surface area contributed by atoms with Crippen LogP contribution >= 0.6 is 0 Å². The van der Waals surface area contributed by atoms with Crippen molar-refractivity contribution in [1.82, 2.24) is 0 Å². The summed E-state index contributed by atoms with van der Waals surface area (Å²) in [4.78, 5) is 24.8. The molecule has 8 heteroatoms. The van der Waals surface area contributed by atoms with Gasteiger partial charge in [0, 0.05) is 0 Å². The Balaban J connectivity index is 2.48. The summed E-state index contributed by atoms with van der Waals surface area (Å²) in [5, 5.41) is 30.9. The molecule has 1 aliphatic rings. The summed E-state index contributed by atoms with van der Waals surface area (Å²) in [5.74, 6) is -2.58. The minimum Gasteiger partial charge on any atom is -0.464 e. The van der Waals surface area contributed by atoms with Crippen LogP contribution in [-0.2, 0) is 19.1 Å². The highest BCUT2D eigenvalue weighted by Gasteiger charge is 2.62. The Hall–Kier alpha value is -2.47. The van der Waals surface area contributed by atoms with E-state index in [1.54, 1.807) is 38.1 Å². The van der Waals surface area contributed by atoms with Gasteiger partial charge in [-0.15, -0.1) is 0 Å². The molecule has 2 unspecified atom stereocenters. The monoisotopic (exact) mass is 376 g/mol. The second-order valence-corrected chi connectivity index (χ2v) is 6.61. The molecule has 0 amide bonds. The number of benzene rings is 1. The topological polar surface area (TPSA) is 143 Å². The Morgan fingerprint density at radius 3 is 1.93 bits per heavy atom. The Morgan fingerprint density at radius 2 is 1.56 bits per heavy atom. The highest BCUT2D eigenvalue weighted by molar-refractivity contribution is 5.87. The lowest BCUT2D eigenvalue weighted by Gasteiger charge is -2.47. The maximum absolute atomic E-state index is 12.4. The van der Waals surface area contributed by atoms with Crippen LogP contribution in [0.25, 0.3) is 0 Å². The van der Waals surface area contributed by atoms with Crippen molar-refractivity contribution in [1.29, 1.82) is 5.26 Å². The first-order chi connectivity index (χ1) is 12.7. The molecule has 1 aliphatic carbocycles. The fraction of sp³-hybridized carbons (Fsp3) is 0.526. The van der Waals surface area contributed by atoms with Crippen LogP contribution in [0, 0.1) is 11.3 Å². The molecule has 2 rings (SSSR count). The number of nitrogens with zero attached hydrogens (tertiary/aromatic N) is 1. The second-order valence-electron chi connectivity index (χ2n) is 6.61. The number of nitrogens with two attached hydrogens (primary N) is 1. The summed E-state index contributed by atoms with van der Waals surface area (Å²) in [7, 11) is 0. The molecule has 0 radical (unpaired) electrons. The summed E-state index contributed by atoms with van der Waals surface area (Å²) in [6, 6.07) is 6.85. The van der Waals surface area contributed by atoms with E-state index in [1.165, 1.54) is 0 Å². The summed E-state index contributed by atoms with van der Waals surface area (Å²) >= 11 is 0. The van der Waals surface area contributed by atoms with Crippen LogP contribution in [0.1, 0.15) is 43.7 Å². The molecular formula is C19H24N2O6. The predicted octanol–water partition coefficient (Wildman–Crippen LogP) is 0.351. The Kier molecular flexibility index (Phi) is 6.21. The molecule has 1 fully saturated rings. The normalized spacial score (nSPS) is 30.2. The summed E-state index contributed by atoms with van der Waals surface area (Å²) < 4.78 is 9.87. The van der Waals surface area contributed by atoms with Gasteiger partial charge in [-0.05, 0) is 50.3 Å². The highest BCUT2D eigenvalue weighted by Crippen LogP contribution is 2.44. The highest BCUT2D eigenvalue weighted by atomic mass is 16.6. The van der Waals surface area contributed by atoms with E-state index in [9.17, 15) is 19.8 Å². The van der Waals surface area contributed by atoms with Crippen LogP contribution < -0.4 is 5.73 Å². The van der Waals surface area contributed by atoms with Crippen molar-refractivity contribution < 1.29 is 29.3 Å². The van der Waals surface area contributed by atoms with Gasteiger partial charge in [0.2, 0.25) is 0 Å². The first kappa shape index (κ1) is 20.8. The molecule has 0 spiro atoms. The molecule has 1 aromatic carbocycles. The number of nitriles is 1. The maximum Gasteiger partial charge on any atom is 0.339 e. The van der Waals surface area contributed by atoms with Gasteiger partial charge >= 0.3 is 11.9 Å². The number of carbonyl (C=O) groups excluding carboxylic acids is 2. The molecule has 27 heavy (non-hydrogen) atoms. The van der Waals surface area contributed by atoms with Crippen molar-refractivity contribution >= 4 is 11.9 Å². The van der Waals surface area contributed by atoms with Crippen LogP contribution in [-0.4, -0.2) is 52.6 Å². The van der Waals surface area contributed by atoms with E-state index < -0.39 is 35.1 Å². The lowest BCUT2D eigenvalue weighted by atomic mass is 9.64. The Morgan fingerprint density at radius 1 is 1.11 bits per heavy atom. The fourth-order valence-corrected chi connectivity index (χ4v) is 3.47. The summed E-state index contributed by atoms with van der Waals surface area (Å²) in [6.07, 6.45) is -0.277. The lowest BCUT2D eigenvalue weighted by Crippen LogP contribution is -2.71. The quantitative estimate of drug-likeness (QED) is 0.625. The molecule has 1 saturated carbocycles.